The molecule has 1 atom stereocenters. The van der Waals surface area contributed by atoms with Gasteiger partial charge in [0.1, 0.15) is 11.5 Å². The van der Waals surface area contributed by atoms with Gasteiger partial charge in [0, 0.05) is 28.2 Å². The second-order valence-electron chi connectivity index (χ2n) is 15.1. The molecule has 0 fully saturated rings. The van der Waals surface area contributed by atoms with Crippen LogP contribution in [0.15, 0.2) is 194 Å². The zero-order valence-corrected chi connectivity index (χ0v) is 31.5. The number of nitriles is 1. The van der Waals surface area contributed by atoms with E-state index in [2.05, 4.69) is 164 Å². The molecule has 4 nitrogen and oxygen atoms in total. The molecule has 0 amide bonds. The smallest absolute Gasteiger partial charge is 0.160 e. The van der Waals surface area contributed by atoms with Gasteiger partial charge in [-0.25, -0.2) is 9.97 Å². The number of fused-ring (bicyclic) bond motifs is 9. The lowest BCUT2D eigenvalue weighted by Gasteiger charge is -2.39. The van der Waals surface area contributed by atoms with E-state index in [4.69, 9.17) is 14.7 Å². The maximum atomic E-state index is 9.69. The van der Waals surface area contributed by atoms with E-state index in [1.807, 2.05) is 36.4 Å². The molecule has 8 aromatic rings. The van der Waals surface area contributed by atoms with Crippen LogP contribution in [0.25, 0.3) is 56.0 Å². The largest absolute Gasteiger partial charge is 0.457 e. The van der Waals surface area contributed by atoms with E-state index < -0.39 is 5.41 Å². The van der Waals surface area contributed by atoms with Gasteiger partial charge in [-0.15, -0.1) is 0 Å². The summed E-state index contributed by atoms with van der Waals surface area (Å²) in [5, 5.41) is 9.69. The van der Waals surface area contributed by atoms with Crippen LogP contribution in [0.3, 0.4) is 0 Å². The van der Waals surface area contributed by atoms with E-state index >= 15 is 0 Å². The lowest BCUT2D eigenvalue weighted by molar-refractivity contribution is 0.436. The first-order valence-corrected chi connectivity index (χ1v) is 19.7. The minimum Gasteiger partial charge on any atom is -0.457 e. The maximum Gasteiger partial charge on any atom is 0.160 e. The quantitative estimate of drug-likeness (QED) is 0.176. The molecule has 0 bridgehead atoms. The first-order valence-electron chi connectivity index (χ1n) is 19.7. The molecule has 0 N–H and O–H groups in total. The van der Waals surface area contributed by atoms with Crippen molar-refractivity contribution >= 4 is 0 Å². The van der Waals surface area contributed by atoms with E-state index in [-0.39, 0.29) is 5.92 Å². The van der Waals surface area contributed by atoms with E-state index in [1.54, 1.807) is 0 Å². The number of hydrogen-bond acceptors (Lipinski definition) is 4. The van der Waals surface area contributed by atoms with E-state index in [0.717, 1.165) is 85.2 Å². The third-order valence-corrected chi connectivity index (χ3v) is 11.9. The van der Waals surface area contributed by atoms with Crippen molar-refractivity contribution < 1.29 is 4.74 Å². The first-order chi connectivity index (χ1) is 28.7. The topological polar surface area (TPSA) is 58.8 Å². The second-order valence-corrected chi connectivity index (χ2v) is 15.1. The Balaban J connectivity index is 1.18. The predicted molar refractivity (Wildman–Crippen MR) is 232 cm³/mol. The van der Waals surface area contributed by atoms with Crippen LogP contribution >= 0.6 is 0 Å². The van der Waals surface area contributed by atoms with E-state index in [9.17, 15) is 5.26 Å². The molecule has 2 aliphatic carbocycles. The number of benzene rings is 7. The highest BCUT2D eigenvalue weighted by molar-refractivity contribution is 5.98. The fourth-order valence-corrected chi connectivity index (χ4v) is 9.31. The van der Waals surface area contributed by atoms with Crippen LogP contribution in [0.1, 0.15) is 45.8 Å². The summed E-state index contributed by atoms with van der Waals surface area (Å²) in [6.07, 6.45) is 9.56. The van der Waals surface area contributed by atoms with Gasteiger partial charge in [-0.05, 0) is 93.4 Å². The summed E-state index contributed by atoms with van der Waals surface area (Å²) >= 11 is 0. The number of ether oxygens (including phenoxy) is 1. The average Bonchev–Trinajstić information content (AvgIpc) is 3.59. The molecule has 4 heteroatoms. The van der Waals surface area contributed by atoms with E-state index in [1.165, 1.54) is 16.7 Å². The third-order valence-electron chi connectivity index (χ3n) is 11.9. The van der Waals surface area contributed by atoms with Crippen molar-refractivity contribution in [2.75, 3.05) is 0 Å². The number of rotatable bonds is 5. The third kappa shape index (κ3) is 5.29. The molecule has 1 unspecified atom stereocenters. The van der Waals surface area contributed by atoms with Crippen molar-refractivity contribution in [2.24, 2.45) is 0 Å². The highest BCUT2D eigenvalue weighted by atomic mass is 16.5. The second kappa shape index (κ2) is 13.5. The highest BCUT2D eigenvalue weighted by Crippen LogP contribution is 2.63. The fraction of sp³-hybridized carbons (Fsp3) is 0.0556. The van der Waals surface area contributed by atoms with Crippen molar-refractivity contribution in [1.82, 2.24) is 9.97 Å². The van der Waals surface area contributed by atoms with Crippen LogP contribution in [0, 0.1) is 11.3 Å². The molecule has 1 spiro atoms. The van der Waals surface area contributed by atoms with Gasteiger partial charge in [-0.1, -0.05) is 152 Å². The van der Waals surface area contributed by atoms with Gasteiger partial charge in [0.2, 0.25) is 0 Å². The molecule has 7 aromatic carbocycles. The standard InChI is InChI=1S/C54H35N3O/c55-34-35-14-11-19-38(30-35)39-20-12-21-40(31-39)42-22-13-25-47-52(42)43-32-41(49-33-48(36-15-3-1-4-16-36)56-53(57-49)37-17-5-2-6-18-37)28-29-44(43)54(47)45-23-7-9-26-50(45)58-51-27-10-8-24-46(51)54/h1-15,17-33,36H,16H2. The molecule has 2 heterocycles. The van der Waals surface area contributed by atoms with Crippen molar-refractivity contribution in [1.29, 1.82) is 5.26 Å². The number of hydrogen-bond donors (Lipinski definition) is 0. The zero-order chi connectivity index (χ0) is 38.6. The van der Waals surface area contributed by atoms with Crippen molar-refractivity contribution in [3.8, 4) is 73.6 Å². The van der Waals surface area contributed by atoms with Crippen molar-refractivity contribution in [2.45, 2.75) is 17.8 Å². The Bertz CT molecular complexity index is 3000. The minimum atomic E-state index is -0.630. The van der Waals surface area contributed by atoms with Gasteiger partial charge >= 0.3 is 0 Å². The molecular weight excluding hydrogens is 707 g/mol. The van der Waals surface area contributed by atoms with Gasteiger partial charge < -0.3 is 4.74 Å². The number of aromatic nitrogens is 2. The Morgan fingerprint density at radius 1 is 0.534 bits per heavy atom. The van der Waals surface area contributed by atoms with Crippen LogP contribution in [0.4, 0.5) is 0 Å². The summed E-state index contributed by atoms with van der Waals surface area (Å²) in [5.74, 6) is 2.60. The monoisotopic (exact) mass is 741 g/mol. The molecule has 58 heavy (non-hydrogen) atoms. The molecule has 272 valence electrons. The summed E-state index contributed by atoms with van der Waals surface area (Å²) in [6, 6.07) is 61.9. The lowest BCUT2D eigenvalue weighted by Crippen LogP contribution is -2.32. The minimum absolute atomic E-state index is 0.163. The van der Waals surface area contributed by atoms with Crippen LogP contribution in [-0.2, 0) is 5.41 Å². The zero-order valence-electron chi connectivity index (χ0n) is 31.5. The molecule has 11 rings (SSSR count). The molecular formula is C54H35N3O. The normalized spacial score (nSPS) is 15.1. The average molecular weight is 742 g/mol. The molecule has 1 aromatic heterocycles. The highest BCUT2D eigenvalue weighted by Gasteiger charge is 2.51. The Kier molecular flexibility index (Phi) is 7.87. The molecule has 0 saturated heterocycles. The summed E-state index contributed by atoms with van der Waals surface area (Å²) in [4.78, 5) is 10.4. The van der Waals surface area contributed by atoms with Crippen LogP contribution in [-0.4, -0.2) is 9.97 Å². The summed E-state index contributed by atoms with van der Waals surface area (Å²) in [7, 11) is 0. The Hall–Kier alpha value is -7.61. The fourth-order valence-electron chi connectivity index (χ4n) is 9.31. The van der Waals surface area contributed by atoms with Crippen molar-refractivity contribution in [3.63, 3.8) is 0 Å². The molecule has 3 aliphatic rings. The Morgan fingerprint density at radius 3 is 2.00 bits per heavy atom. The number of allylic oxidation sites excluding steroid dienone is 4. The van der Waals surface area contributed by atoms with Gasteiger partial charge in [0.25, 0.3) is 0 Å². The SMILES string of the molecule is N#Cc1cccc(-c2cccc(-c3cccc4c3-c3cc(-c5cc(C6C=CC=CC6)nc(-c6ccccc6)n5)ccc3C43c4ccccc4Oc4ccccc43)c2)c1. The summed E-state index contributed by atoms with van der Waals surface area (Å²) in [6.45, 7) is 0. The first kappa shape index (κ1) is 33.7. The van der Waals surface area contributed by atoms with Crippen molar-refractivity contribution in [3.05, 3.63) is 228 Å². The summed E-state index contributed by atoms with van der Waals surface area (Å²) < 4.78 is 6.66. The van der Waals surface area contributed by atoms with Gasteiger partial charge in [-0.2, -0.15) is 5.26 Å². The Morgan fingerprint density at radius 2 is 1.22 bits per heavy atom. The Labute approximate surface area is 337 Å². The summed E-state index contributed by atoms with van der Waals surface area (Å²) in [5.41, 5.74) is 15.2. The molecule has 0 radical (unpaired) electrons. The van der Waals surface area contributed by atoms with Crippen LogP contribution in [0.5, 0.6) is 11.5 Å². The molecule has 1 aliphatic heterocycles. The molecule has 0 saturated carbocycles. The lowest BCUT2D eigenvalue weighted by atomic mass is 9.66. The van der Waals surface area contributed by atoms with Gasteiger partial charge in [-0.3, -0.25) is 0 Å². The van der Waals surface area contributed by atoms with E-state index in [0.29, 0.717) is 5.56 Å². The van der Waals surface area contributed by atoms with Crippen LogP contribution < -0.4 is 4.74 Å². The van der Waals surface area contributed by atoms with Gasteiger partial charge in [0.15, 0.2) is 5.82 Å². The predicted octanol–water partition coefficient (Wildman–Crippen LogP) is 13.1. The van der Waals surface area contributed by atoms with Crippen LogP contribution in [0.2, 0.25) is 0 Å². The number of para-hydroxylation sites is 2. The van der Waals surface area contributed by atoms with Gasteiger partial charge in [0.05, 0.1) is 28.4 Å². The number of nitrogens with zero attached hydrogens (tertiary/aromatic N) is 3. The maximum absolute atomic E-state index is 9.69.